The van der Waals surface area contributed by atoms with Crippen molar-refractivity contribution in [2.45, 2.75) is 26.1 Å². The summed E-state index contributed by atoms with van der Waals surface area (Å²) >= 11 is 0. The number of hydrogen-bond acceptors (Lipinski definition) is 4. The Morgan fingerprint density at radius 3 is 1.31 bits per heavy atom. The van der Waals surface area contributed by atoms with Crippen molar-refractivity contribution in [3.8, 4) is 0 Å². The van der Waals surface area contributed by atoms with E-state index in [-0.39, 0.29) is 11.9 Å². The van der Waals surface area contributed by atoms with Crippen LogP contribution in [0.5, 0.6) is 0 Å². The monoisotopic (exact) mass is 346 g/mol. The molecule has 0 spiro atoms. The van der Waals surface area contributed by atoms with Crippen LogP contribution in [0.15, 0.2) is 83.0 Å². The fourth-order valence-corrected chi connectivity index (χ4v) is 3.53. The molecule has 130 valence electrons. The first-order valence-corrected chi connectivity index (χ1v) is 8.51. The van der Waals surface area contributed by atoms with Crippen LogP contribution >= 0.6 is 0 Å². The zero-order chi connectivity index (χ0) is 18.3. The summed E-state index contributed by atoms with van der Waals surface area (Å²) < 4.78 is 11.3. The van der Waals surface area contributed by atoms with E-state index < -0.39 is 12.2 Å². The van der Waals surface area contributed by atoms with Crippen molar-refractivity contribution in [1.29, 1.82) is 0 Å². The summed E-state index contributed by atoms with van der Waals surface area (Å²) in [6, 6.07) is 19.1. The molecule has 0 saturated carbocycles. The van der Waals surface area contributed by atoms with Crippen molar-refractivity contribution in [1.82, 2.24) is 0 Å². The van der Waals surface area contributed by atoms with Gasteiger partial charge in [0.2, 0.25) is 0 Å². The first kappa shape index (κ1) is 16.3. The fraction of sp³-hybridized carbons (Fsp3) is 0.182. The Labute approximate surface area is 151 Å². The van der Waals surface area contributed by atoms with Crippen molar-refractivity contribution in [3.05, 3.63) is 94.1 Å². The highest BCUT2D eigenvalue weighted by atomic mass is 16.6. The number of rotatable bonds is 3. The van der Waals surface area contributed by atoms with Gasteiger partial charge in [-0.2, -0.15) is 0 Å². The lowest BCUT2D eigenvalue weighted by molar-refractivity contribution is -0.141. The lowest BCUT2D eigenvalue weighted by Crippen LogP contribution is -2.09. The van der Waals surface area contributed by atoms with Gasteiger partial charge in [0.15, 0.2) is 12.2 Å². The standard InChI is InChI=1S/C22H18O4/c1-13-17(19(25-21(13)23)15-9-5-3-6-10-15)18-14(2)22(24)26-20(18)16-11-7-4-8-12-16/h3-12,19-20H,1-2H3/t19-,20-/m1/s1. The van der Waals surface area contributed by atoms with Crippen LogP contribution in [0.4, 0.5) is 0 Å². The van der Waals surface area contributed by atoms with Gasteiger partial charge in [0.05, 0.1) is 0 Å². The van der Waals surface area contributed by atoms with E-state index in [4.69, 9.17) is 9.47 Å². The summed E-state index contributed by atoms with van der Waals surface area (Å²) in [5.74, 6) is -0.722. The van der Waals surface area contributed by atoms with E-state index in [0.717, 1.165) is 22.3 Å². The van der Waals surface area contributed by atoms with E-state index in [1.165, 1.54) is 0 Å². The zero-order valence-corrected chi connectivity index (χ0v) is 14.6. The fourth-order valence-electron chi connectivity index (χ4n) is 3.53. The van der Waals surface area contributed by atoms with E-state index in [0.29, 0.717) is 11.1 Å². The number of esters is 2. The van der Waals surface area contributed by atoms with Crippen LogP contribution in [-0.2, 0) is 19.1 Å². The molecule has 2 atom stereocenters. The van der Waals surface area contributed by atoms with Crippen LogP contribution in [0, 0.1) is 0 Å². The normalized spacial score (nSPS) is 22.7. The summed E-state index contributed by atoms with van der Waals surface area (Å²) in [5.41, 5.74) is 4.26. The molecule has 0 saturated heterocycles. The lowest BCUT2D eigenvalue weighted by atomic mass is 9.86. The Balaban J connectivity index is 1.87. The Kier molecular flexibility index (Phi) is 3.96. The van der Waals surface area contributed by atoms with Crippen LogP contribution in [0.3, 0.4) is 0 Å². The second kappa shape index (κ2) is 6.30. The lowest BCUT2D eigenvalue weighted by Gasteiger charge is -2.20. The predicted octanol–water partition coefficient (Wildman–Crippen LogP) is 4.22. The molecule has 2 aliphatic heterocycles. The Bertz CT molecular complexity index is 859. The van der Waals surface area contributed by atoms with Gasteiger partial charge >= 0.3 is 11.9 Å². The smallest absolute Gasteiger partial charge is 0.335 e. The first-order valence-electron chi connectivity index (χ1n) is 8.51. The van der Waals surface area contributed by atoms with Gasteiger partial charge in [0.25, 0.3) is 0 Å². The Hall–Kier alpha value is -3.14. The summed E-state index contributed by atoms with van der Waals surface area (Å²) in [6.07, 6.45) is -1.07. The summed E-state index contributed by atoms with van der Waals surface area (Å²) in [7, 11) is 0. The SMILES string of the molecule is CC1=C(C2=C(C)C(=O)O[C@@H]2c2ccccc2)[C@@H](c2ccccc2)OC1=O. The van der Waals surface area contributed by atoms with Crippen LogP contribution in [-0.4, -0.2) is 11.9 Å². The van der Waals surface area contributed by atoms with Gasteiger partial charge in [-0.25, -0.2) is 9.59 Å². The van der Waals surface area contributed by atoms with Crippen LogP contribution in [0.25, 0.3) is 0 Å². The minimum Gasteiger partial charge on any atom is -0.449 e. The molecule has 0 unspecified atom stereocenters. The van der Waals surface area contributed by atoms with E-state index in [2.05, 4.69) is 0 Å². The van der Waals surface area contributed by atoms with Gasteiger partial charge in [-0.15, -0.1) is 0 Å². The molecule has 0 fully saturated rings. The highest BCUT2D eigenvalue weighted by molar-refractivity contribution is 5.98. The van der Waals surface area contributed by atoms with Crippen LogP contribution in [0.1, 0.15) is 37.2 Å². The van der Waals surface area contributed by atoms with Gasteiger partial charge in [0.1, 0.15) is 0 Å². The molecule has 0 amide bonds. The molecular formula is C22H18O4. The molecule has 0 aromatic heterocycles. The molecule has 2 aliphatic rings. The maximum absolute atomic E-state index is 12.3. The molecule has 0 bridgehead atoms. The molecule has 0 aliphatic carbocycles. The highest BCUT2D eigenvalue weighted by Gasteiger charge is 2.43. The number of ether oxygens (including phenoxy) is 2. The van der Waals surface area contributed by atoms with Gasteiger partial charge in [0, 0.05) is 22.3 Å². The van der Waals surface area contributed by atoms with E-state index in [9.17, 15) is 9.59 Å². The van der Waals surface area contributed by atoms with E-state index in [1.807, 2.05) is 60.7 Å². The van der Waals surface area contributed by atoms with E-state index >= 15 is 0 Å². The largest absolute Gasteiger partial charge is 0.449 e. The third-order valence-electron chi connectivity index (χ3n) is 4.89. The van der Waals surface area contributed by atoms with Crippen molar-refractivity contribution >= 4 is 11.9 Å². The molecule has 26 heavy (non-hydrogen) atoms. The van der Waals surface area contributed by atoms with Crippen molar-refractivity contribution in [3.63, 3.8) is 0 Å². The highest BCUT2D eigenvalue weighted by Crippen LogP contribution is 2.48. The van der Waals surface area contributed by atoms with Crippen LogP contribution < -0.4 is 0 Å². The molecule has 4 nitrogen and oxygen atoms in total. The molecule has 4 rings (SSSR count). The van der Waals surface area contributed by atoms with Crippen molar-refractivity contribution in [2.75, 3.05) is 0 Å². The third-order valence-corrected chi connectivity index (χ3v) is 4.89. The second-order valence-corrected chi connectivity index (χ2v) is 6.47. The Morgan fingerprint density at radius 2 is 0.962 bits per heavy atom. The molecule has 0 radical (unpaired) electrons. The van der Waals surface area contributed by atoms with E-state index in [1.54, 1.807) is 13.8 Å². The minimum atomic E-state index is -0.533. The first-order chi connectivity index (χ1) is 12.6. The number of benzene rings is 2. The molecule has 2 heterocycles. The quantitative estimate of drug-likeness (QED) is 0.781. The van der Waals surface area contributed by atoms with Crippen molar-refractivity contribution in [2.24, 2.45) is 0 Å². The summed E-state index contributed by atoms with van der Waals surface area (Å²) in [5, 5.41) is 0. The molecule has 0 N–H and O–H groups in total. The average Bonchev–Trinajstić information content (AvgIpc) is 3.13. The number of hydrogen-bond donors (Lipinski definition) is 0. The predicted molar refractivity (Wildman–Crippen MR) is 96.0 cm³/mol. The second-order valence-electron chi connectivity index (χ2n) is 6.47. The topological polar surface area (TPSA) is 52.6 Å². The number of carbonyl (C=O) groups excluding carboxylic acids is 2. The van der Waals surface area contributed by atoms with Gasteiger partial charge in [-0.05, 0) is 25.0 Å². The minimum absolute atomic E-state index is 0.361. The van der Waals surface area contributed by atoms with Gasteiger partial charge in [-0.3, -0.25) is 0 Å². The third kappa shape index (κ3) is 2.54. The Morgan fingerprint density at radius 1 is 0.615 bits per heavy atom. The molecule has 2 aromatic rings. The summed E-state index contributed by atoms with van der Waals surface area (Å²) in [6.45, 7) is 3.48. The average molecular weight is 346 g/mol. The maximum atomic E-state index is 12.3. The maximum Gasteiger partial charge on any atom is 0.335 e. The number of cyclic esters (lactones) is 2. The van der Waals surface area contributed by atoms with Gasteiger partial charge < -0.3 is 9.47 Å². The molecular weight excluding hydrogens is 328 g/mol. The van der Waals surface area contributed by atoms with Crippen LogP contribution in [0.2, 0.25) is 0 Å². The van der Waals surface area contributed by atoms with Crippen molar-refractivity contribution < 1.29 is 19.1 Å². The van der Waals surface area contributed by atoms with Gasteiger partial charge in [-0.1, -0.05) is 60.7 Å². The number of carbonyl (C=O) groups is 2. The summed E-state index contributed by atoms with van der Waals surface area (Å²) in [4.78, 5) is 24.7. The molecule has 4 heteroatoms. The zero-order valence-electron chi connectivity index (χ0n) is 14.6. The molecule has 2 aromatic carbocycles.